The zero-order valence-corrected chi connectivity index (χ0v) is 11.4. The van der Waals surface area contributed by atoms with E-state index < -0.39 is 0 Å². The molecule has 0 radical (unpaired) electrons. The van der Waals surface area contributed by atoms with Crippen LogP contribution in [0.4, 0.5) is 0 Å². The highest BCUT2D eigenvalue weighted by Crippen LogP contribution is 2.22. The summed E-state index contributed by atoms with van der Waals surface area (Å²) in [6.45, 7) is 6.55. The lowest BCUT2D eigenvalue weighted by molar-refractivity contribution is 0.968. The summed E-state index contributed by atoms with van der Waals surface area (Å²) in [6, 6.07) is 19.3. The second kappa shape index (κ2) is 5.68. The van der Waals surface area contributed by atoms with Crippen LogP contribution in [0.25, 0.3) is 5.57 Å². The minimum Gasteiger partial charge on any atom is -0.0738 e. The van der Waals surface area contributed by atoms with Gasteiger partial charge in [0.05, 0.1) is 0 Å². The average Bonchev–Trinajstić information content (AvgIpc) is 2.40. The monoisotopic (exact) mass is 236 g/mol. The van der Waals surface area contributed by atoms with Gasteiger partial charge in [-0.15, -0.1) is 0 Å². The Hall–Kier alpha value is -1.82. The predicted octanol–water partition coefficient (Wildman–Crippen LogP) is 5.20. The Balaban J connectivity index is 2.20. The molecule has 1 unspecified atom stereocenters. The Bertz CT molecular complexity index is 518. The summed E-state index contributed by atoms with van der Waals surface area (Å²) in [5.41, 5.74) is 5.32. The average molecular weight is 236 g/mol. The molecular weight excluding hydrogens is 216 g/mol. The molecule has 0 N–H and O–H groups in total. The number of hydrogen-bond donors (Lipinski definition) is 0. The van der Waals surface area contributed by atoms with Crippen molar-refractivity contribution in [1.29, 1.82) is 0 Å². The van der Waals surface area contributed by atoms with Crippen LogP contribution in [0.1, 0.15) is 36.5 Å². The Kier molecular flexibility index (Phi) is 3.99. The largest absolute Gasteiger partial charge is 0.0738 e. The summed E-state index contributed by atoms with van der Waals surface area (Å²) in [4.78, 5) is 0. The summed E-state index contributed by atoms with van der Waals surface area (Å²) in [7, 11) is 0. The summed E-state index contributed by atoms with van der Waals surface area (Å²) >= 11 is 0. The maximum atomic E-state index is 2.33. The van der Waals surface area contributed by atoms with E-state index >= 15 is 0 Å². The van der Waals surface area contributed by atoms with Crippen molar-refractivity contribution in [2.45, 2.75) is 26.7 Å². The second-order valence-corrected chi connectivity index (χ2v) is 4.92. The van der Waals surface area contributed by atoms with Crippen molar-refractivity contribution in [3.63, 3.8) is 0 Å². The van der Waals surface area contributed by atoms with Gasteiger partial charge in [-0.3, -0.25) is 0 Å². The summed E-state index contributed by atoms with van der Waals surface area (Å²) in [5, 5.41) is 0. The molecule has 0 aromatic heterocycles. The fraction of sp³-hybridized carbons (Fsp3) is 0.222. The molecule has 0 nitrogen and oxygen atoms in total. The lowest BCUT2D eigenvalue weighted by Crippen LogP contribution is -1.90. The van der Waals surface area contributed by atoms with E-state index in [1.807, 2.05) is 0 Å². The van der Waals surface area contributed by atoms with Crippen LogP contribution in [0.3, 0.4) is 0 Å². The van der Waals surface area contributed by atoms with E-state index in [4.69, 9.17) is 0 Å². The van der Waals surface area contributed by atoms with Gasteiger partial charge in [0, 0.05) is 0 Å². The van der Waals surface area contributed by atoms with Gasteiger partial charge in [0.25, 0.3) is 0 Å². The van der Waals surface area contributed by atoms with Gasteiger partial charge in [0.2, 0.25) is 0 Å². The highest BCUT2D eigenvalue weighted by Gasteiger charge is 2.03. The lowest BCUT2D eigenvalue weighted by Gasteiger charge is -2.09. The summed E-state index contributed by atoms with van der Waals surface area (Å²) in [5.74, 6) is 0.451. The lowest BCUT2D eigenvalue weighted by atomic mass is 9.96. The molecule has 2 rings (SSSR count). The number of benzene rings is 2. The van der Waals surface area contributed by atoms with Gasteiger partial charge < -0.3 is 0 Å². The molecule has 1 atom stereocenters. The van der Waals surface area contributed by atoms with Gasteiger partial charge in [-0.25, -0.2) is 0 Å². The van der Waals surface area contributed by atoms with Crippen LogP contribution >= 0.6 is 0 Å². The standard InChI is InChI=1S/C18H20/c1-14-9-11-18(12-10-14)16(3)13-15(2)17-7-5-4-6-8-17/h4-13,15H,1-3H3. The van der Waals surface area contributed by atoms with E-state index in [-0.39, 0.29) is 0 Å². The molecule has 0 fully saturated rings. The molecule has 0 aliphatic carbocycles. The van der Waals surface area contributed by atoms with Crippen LogP contribution in [-0.2, 0) is 0 Å². The van der Waals surface area contributed by atoms with E-state index in [9.17, 15) is 0 Å². The molecule has 0 bridgehead atoms. The van der Waals surface area contributed by atoms with E-state index in [2.05, 4.69) is 81.4 Å². The Morgan fingerprint density at radius 1 is 0.944 bits per heavy atom. The van der Waals surface area contributed by atoms with Crippen molar-refractivity contribution in [3.05, 3.63) is 77.4 Å². The Morgan fingerprint density at radius 3 is 2.17 bits per heavy atom. The van der Waals surface area contributed by atoms with Crippen LogP contribution in [0, 0.1) is 6.92 Å². The smallest absolute Gasteiger partial charge is 0.000451 e. The fourth-order valence-electron chi connectivity index (χ4n) is 2.14. The predicted molar refractivity (Wildman–Crippen MR) is 79.7 cm³/mol. The first-order chi connectivity index (χ1) is 8.66. The van der Waals surface area contributed by atoms with Gasteiger partial charge in [-0.1, -0.05) is 73.2 Å². The third-order valence-electron chi connectivity index (χ3n) is 3.33. The number of hydrogen-bond acceptors (Lipinski definition) is 0. The first-order valence-electron chi connectivity index (χ1n) is 6.47. The van der Waals surface area contributed by atoms with Gasteiger partial charge in [-0.05, 0) is 36.5 Å². The molecule has 18 heavy (non-hydrogen) atoms. The zero-order chi connectivity index (χ0) is 13.0. The molecule has 2 aromatic rings. The molecule has 2 aromatic carbocycles. The van der Waals surface area contributed by atoms with Crippen molar-refractivity contribution in [2.24, 2.45) is 0 Å². The van der Waals surface area contributed by atoms with E-state index in [0.29, 0.717) is 5.92 Å². The highest BCUT2D eigenvalue weighted by molar-refractivity contribution is 5.64. The number of rotatable bonds is 3. The molecule has 92 valence electrons. The molecule has 0 spiro atoms. The maximum absolute atomic E-state index is 2.33. The van der Waals surface area contributed by atoms with E-state index in [1.165, 1.54) is 22.3 Å². The van der Waals surface area contributed by atoms with Crippen LogP contribution < -0.4 is 0 Å². The van der Waals surface area contributed by atoms with Gasteiger partial charge in [0.1, 0.15) is 0 Å². The SMILES string of the molecule is CC(=CC(C)c1ccccc1)c1ccc(C)cc1. The van der Waals surface area contributed by atoms with Crippen LogP contribution in [0.5, 0.6) is 0 Å². The number of allylic oxidation sites excluding steroid dienone is 2. The first kappa shape index (κ1) is 12.6. The normalized spacial score (nSPS) is 13.4. The van der Waals surface area contributed by atoms with Crippen molar-refractivity contribution in [3.8, 4) is 0 Å². The van der Waals surface area contributed by atoms with Crippen molar-refractivity contribution in [2.75, 3.05) is 0 Å². The summed E-state index contributed by atoms with van der Waals surface area (Å²) < 4.78 is 0. The van der Waals surface area contributed by atoms with Gasteiger partial charge in [0.15, 0.2) is 0 Å². The molecule has 0 amide bonds. The van der Waals surface area contributed by atoms with Crippen LogP contribution in [0.2, 0.25) is 0 Å². The third-order valence-corrected chi connectivity index (χ3v) is 3.33. The molecular formula is C18H20. The Morgan fingerprint density at radius 2 is 1.56 bits per heavy atom. The molecule has 0 heteroatoms. The van der Waals surface area contributed by atoms with E-state index in [1.54, 1.807) is 0 Å². The van der Waals surface area contributed by atoms with Gasteiger partial charge >= 0.3 is 0 Å². The van der Waals surface area contributed by atoms with Gasteiger partial charge in [-0.2, -0.15) is 0 Å². The quantitative estimate of drug-likeness (QED) is 0.687. The molecule has 0 heterocycles. The zero-order valence-electron chi connectivity index (χ0n) is 11.4. The second-order valence-electron chi connectivity index (χ2n) is 4.92. The maximum Gasteiger partial charge on any atom is -0.000451 e. The first-order valence-corrected chi connectivity index (χ1v) is 6.47. The van der Waals surface area contributed by atoms with Crippen LogP contribution in [-0.4, -0.2) is 0 Å². The number of aryl methyl sites for hydroxylation is 1. The fourth-order valence-corrected chi connectivity index (χ4v) is 2.14. The topological polar surface area (TPSA) is 0 Å². The molecule has 0 saturated heterocycles. The highest BCUT2D eigenvalue weighted by atomic mass is 14.1. The minimum absolute atomic E-state index is 0.451. The van der Waals surface area contributed by atoms with Crippen molar-refractivity contribution < 1.29 is 0 Å². The van der Waals surface area contributed by atoms with E-state index in [0.717, 1.165) is 0 Å². The van der Waals surface area contributed by atoms with Crippen molar-refractivity contribution >= 4 is 5.57 Å². The molecule has 0 saturated carbocycles. The minimum atomic E-state index is 0.451. The van der Waals surface area contributed by atoms with Crippen molar-refractivity contribution in [1.82, 2.24) is 0 Å². The summed E-state index contributed by atoms with van der Waals surface area (Å²) in [6.07, 6.45) is 2.33. The molecule has 0 aliphatic rings. The Labute approximate surface area is 110 Å². The van der Waals surface area contributed by atoms with Crippen LogP contribution in [0.15, 0.2) is 60.7 Å². The third kappa shape index (κ3) is 3.10. The molecule has 0 aliphatic heterocycles.